The van der Waals surface area contributed by atoms with Crippen LogP contribution in [0.15, 0.2) is 78.9 Å². The Hall–Kier alpha value is -5.12. The molecule has 47 heavy (non-hydrogen) atoms. The minimum Gasteiger partial charge on any atom is -0.443 e. The first kappa shape index (κ1) is 31.8. The van der Waals surface area contributed by atoms with Gasteiger partial charge in [-0.1, -0.05) is 36.4 Å². The SMILES string of the molecule is Cc1ccc(C(=O)NC2(c3ccccc3)CC2)cc1C1C=C(F)n2nc(-c3ccc(F)cc3)c(C(=O)N(C)C(=O)OC(C)(C)C)c2C1. The second-order valence-electron chi connectivity index (χ2n) is 13.2. The molecule has 2 heterocycles. The van der Waals surface area contributed by atoms with Crippen molar-refractivity contribution in [2.45, 2.75) is 64.0 Å². The molecule has 1 unspecified atom stereocenters. The molecule has 0 bridgehead atoms. The minimum absolute atomic E-state index is 0.00306. The molecule has 1 aromatic heterocycles. The number of benzene rings is 3. The molecule has 1 N–H and O–H groups in total. The summed E-state index contributed by atoms with van der Waals surface area (Å²) in [5.74, 6) is -2.73. The van der Waals surface area contributed by atoms with Crippen molar-refractivity contribution in [3.8, 4) is 11.3 Å². The second kappa shape index (κ2) is 11.9. The van der Waals surface area contributed by atoms with Crippen LogP contribution >= 0.6 is 0 Å². The van der Waals surface area contributed by atoms with Gasteiger partial charge in [-0.25, -0.2) is 18.8 Å². The smallest absolute Gasteiger partial charge is 0.417 e. The number of carbonyl (C=O) groups is 3. The van der Waals surface area contributed by atoms with Crippen LogP contribution in [0.1, 0.15) is 82.6 Å². The number of fused-ring (bicyclic) bond motifs is 1. The highest BCUT2D eigenvalue weighted by atomic mass is 19.1. The largest absolute Gasteiger partial charge is 0.443 e. The number of rotatable bonds is 6. The molecule has 0 saturated heterocycles. The average molecular weight is 639 g/mol. The third kappa shape index (κ3) is 6.32. The van der Waals surface area contributed by atoms with Crippen LogP contribution in [0.5, 0.6) is 0 Å². The Labute approximate surface area is 272 Å². The fourth-order valence-electron chi connectivity index (χ4n) is 5.98. The van der Waals surface area contributed by atoms with E-state index in [9.17, 15) is 18.8 Å². The van der Waals surface area contributed by atoms with Crippen LogP contribution in [0.25, 0.3) is 17.2 Å². The standard InChI is InChI=1S/C37H36F2N4O4/c1-22-11-12-24(33(44)40-37(17-18-37)26-9-7-6-8-10-26)19-28(22)25-20-29-31(34(45)42(5)35(46)47-36(2,3)4)32(41-43(29)30(39)21-25)23-13-15-27(38)16-14-23/h6-16,19,21,25H,17-18,20H2,1-5H3,(H,40,44). The zero-order chi connectivity index (χ0) is 33.7. The van der Waals surface area contributed by atoms with Gasteiger partial charge in [-0.05, 0) is 99.7 Å². The average Bonchev–Trinajstić information content (AvgIpc) is 3.71. The molecule has 10 heteroatoms. The number of nitrogens with zero attached hydrogens (tertiary/aromatic N) is 3. The third-order valence-electron chi connectivity index (χ3n) is 8.61. The Morgan fingerprint density at radius 3 is 2.32 bits per heavy atom. The summed E-state index contributed by atoms with van der Waals surface area (Å²) < 4.78 is 36.2. The number of allylic oxidation sites excluding steroid dienone is 1. The number of carbonyl (C=O) groups excluding carboxylic acids is 3. The Balaban J connectivity index is 1.36. The van der Waals surface area contributed by atoms with Gasteiger partial charge in [0.15, 0.2) is 0 Å². The molecule has 2 aliphatic rings. The van der Waals surface area contributed by atoms with E-state index in [1.807, 2.05) is 43.3 Å². The molecule has 1 fully saturated rings. The Morgan fingerprint density at radius 2 is 1.68 bits per heavy atom. The number of amides is 3. The number of imide groups is 1. The predicted molar refractivity (Wildman–Crippen MR) is 174 cm³/mol. The van der Waals surface area contributed by atoms with Crippen LogP contribution in [-0.4, -0.2) is 45.2 Å². The van der Waals surface area contributed by atoms with Crippen LogP contribution in [0, 0.1) is 12.7 Å². The van der Waals surface area contributed by atoms with E-state index < -0.39 is 40.8 Å². The summed E-state index contributed by atoms with van der Waals surface area (Å²) in [5, 5.41) is 7.63. The van der Waals surface area contributed by atoms with Gasteiger partial charge in [-0.2, -0.15) is 9.49 Å². The van der Waals surface area contributed by atoms with Crippen LogP contribution in [0.3, 0.4) is 0 Å². The van der Waals surface area contributed by atoms with Gasteiger partial charge in [0.05, 0.1) is 16.8 Å². The highest BCUT2D eigenvalue weighted by molar-refractivity contribution is 6.07. The Morgan fingerprint density at radius 1 is 1.00 bits per heavy atom. The van der Waals surface area contributed by atoms with E-state index in [0.717, 1.165) is 33.6 Å². The fourth-order valence-corrected chi connectivity index (χ4v) is 5.98. The van der Waals surface area contributed by atoms with E-state index in [1.165, 1.54) is 37.4 Å². The molecule has 1 atom stereocenters. The first-order chi connectivity index (χ1) is 22.3. The molecule has 3 amide bonds. The van der Waals surface area contributed by atoms with Gasteiger partial charge in [0.25, 0.3) is 11.8 Å². The lowest BCUT2D eigenvalue weighted by atomic mass is 9.86. The maximum Gasteiger partial charge on any atom is 0.417 e. The van der Waals surface area contributed by atoms with Gasteiger partial charge in [0.2, 0.25) is 5.95 Å². The van der Waals surface area contributed by atoms with Crippen molar-refractivity contribution in [1.29, 1.82) is 0 Å². The van der Waals surface area contributed by atoms with Crippen molar-refractivity contribution in [2.24, 2.45) is 0 Å². The van der Waals surface area contributed by atoms with Gasteiger partial charge in [0.1, 0.15) is 17.1 Å². The minimum atomic E-state index is -0.880. The van der Waals surface area contributed by atoms with E-state index in [-0.39, 0.29) is 29.3 Å². The molecule has 4 aromatic rings. The molecule has 0 radical (unpaired) electrons. The van der Waals surface area contributed by atoms with Crippen molar-refractivity contribution < 1.29 is 27.9 Å². The van der Waals surface area contributed by atoms with Crippen LogP contribution in [0.2, 0.25) is 0 Å². The number of hydrogen-bond acceptors (Lipinski definition) is 5. The monoisotopic (exact) mass is 638 g/mol. The lowest BCUT2D eigenvalue weighted by molar-refractivity contribution is 0.0284. The van der Waals surface area contributed by atoms with Crippen molar-refractivity contribution in [1.82, 2.24) is 20.0 Å². The fraction of sp³-hybridized carbons (Fsp3) is 0.297. The van der Waals surface area contributed by atoms with Crippen LogP contribution < -0.4 is 5.32 Å². The van der Waals surface area contributed by atoms with Crippen LogP contribution in [-0.2, 0) is 16.7 Å². The van der Waals surface area contributed by atoms with Gasteiger partial charge >= 0.3 is 6.09 Å². The molecular weight excluding hydrogens is 602 g/mol. The lowest BCUT2D eigenvalue weighted by Gasteiger charge is -2.25. The predicted octanol–water partition coefficient (Wildman–Crippen LogP) is 7.53. The molecule has 1 aliphatic heterocycles. The van der Waals surface area contributed by atoms with E-state index >= 15 is 4.39 Å². The summed E-state index contributed by atoms with van der Waals surface area (Å²) in [4.78, 5) is 41.3. The first-order valence-corrected chi connectivity index (χ1v) is 15.5. The molecule has 3 aromatic carbocycles. The lowest BCUT2D eigenvalue weighted by Crippen LogP contribution is -2.38. The van der Waals surface area contributed by atoms with Crippen molar-refractivity contribution in [3.63, 3.8) is 0 Å². The number of halogens is 2. The molecule has 6 rings (SSSR count). The number of aromatic nitrogens is 2. The summed E-state index contributed by atoms with van der Waals surface area (Å²) in [5.41, 5.74) is 2.50. The Bertz CT molecular complexity index is 1900. The Kier molecular flexibility index (Phi) is 8.07. The molecule has 242 valence electrons. The molecule has 0 spiro atoms. The maximum atomic E-state index is 15.9. The number of aryl methyl sites for hydroxylation is 1. The maximum absolute atomic E-state index is 15.9. The van der Waals surface area contributed by atoms with E-state index in [1.54, 1.807) is 32.9 Å². The van der Waals surface area contributed by atoms with Gasteiger partial charge in [-0.15, -0.1) is 0 Å². The van der Waals surface area contributed by atoms with E-state index in [4.69, 9.17) is 4.74 Å². The van der Waals surface area contributed by atoms with Crippen molar-refractivity contribution in [2.75, 3.05) is 7.05 Å². The number of nitrogens with one attached hydrogen (secondary N) is 1. The molecular formula is C37H36F2N4O4. The summed E-state index contributed by atoms with van der Waals surface area (Å²) in [6.07, 6.45) is 2.36. The number of hydrogen-bond donors (Lipinski definition) is 1. The normalized spacial score (nSPS) is 16.5. The van der Waals surface area contributed by atoms with E-state index in [2.05, 4.69) is 10.4 Å². The first-order valence-electron chi connectivity index (χ1n) is 15.5. The second-order valence-corrected chi connectivity index (χ2v) is 13.2. The van der Waals surface area contributed by atoms with Gasteiger partial charge < -0.3 is 10.1 Å². The zero-order valence-electron chi connectivity index (χ0n) is 26.9. The van der Waals surface area contributed by atoms with Crippen LogP contribution in [0.4, 0.5) is 13.6 Å². The highest BCUT2D eigenvalue weighted by Gasteiger charge is 2.45. The summed E-state index contributed by atoms with van der Waals surface area (Å²) >= 11 is 0. The third-order valence-corrected chi connectivity index (χ3v) is 8.61. The number of ether oxygens (including phenoxy) is 1. The van der Waals surface area contributed by atoms with Crippen molar-refractivity contribution in [3.05, 3.63) is 118 Å². The molecule has 1 aliphatic carbocycles. The quantitative estimate of drug-likeness (QED) is 0.236. The molecule has 8 nitrogen and oxygen atoms in total. The van der Waals surface area contributed by atoms with E-state index in [0.29, 0.717) is 16.7 Å². The van der Waals surface area contributed by atoms with Gasteiger partial charge in [-0.3, -0.25) is 9.59 Å². The van der Waals surface area contributed by atoms with Gasteiger partial charge in [0, 0.05) is 30.5 Å². The van der Waals surface area contributed by atoms with Crippen molar-refractivity contribution >= 4 is 23.9 Å². The summed E-state index contributed by atoms with van der Waals surface area (Å²) in [7, 11) is 1.29. The summed E-state index contributed by atoms with van der Waals surface area (Å²) in [6.45, 7) is 6.93. The topological polar surface area (TPSA) is 93.5 Å². The highest BCUT2D eigenvalue weighted by Crippen LogP contribution is 2.46. The summed E-state index contributed by atoms with van der Waals surface area (Å²) in [6, 6.07) is 20.5. The zero-order valence-corrected chi connectivity index (χ0v) is 26.9. The molecule has 1 saturated carbocycles.